The van der Waals surface area contributed by atoms with Crippen LogP contribution in [0.1, 0.15) is 35.8 Å². The molecule has 2 aliphatic rings. The van der Waals surface area contributed by atoms with E-state index in [0.717, 1.165) is 50.4 Å². The molecule has 1 aromatic carbocycles. The molecular weight excluding hydrogens is 318 g/mol. The summed E-state index contributed by atoms with van der Waals surface area (Å²) in [4.78, 5) is 14.2. The van der Waals surface area contributed by atoms with E-state index in [0.29, 0.717) is 11.7 Å². The molecule has 2 aromatic rings. The average molecular weight is 341 g/mol. The Kier molecular flexibility index (Phi) is 4.44. The van der Waals surface area contributed by atoms with Crippen molar-refractivity contribution in [3.63, 3.8) is 0 Å². The van der Waals surface area contributed by atoms with E-state index in [4.69, 9.17) is 9.47 Å². The SMILES string of the molecule is COC(=O)c1cc(-c2ccc(N3CCOCC3)cc2)n(C2CCC2)n1. The fourth-order valence-corrected chi connectivity index (χ4v) is 3.39. The normalized spacial score (nSPS) is 18.0. The Morgan fingerprint density at radius 3 is 2.52 bits per heavy atom. The number of nitrogens with zero attached hydrogens (tertiary/aromatic N) is 3. The van der Waals surface area contributed by atoms with Gasteiger partial charge in [0.2, 0.25) is 0 Å². The Hall–Kier alpha value is -2.34. The fourth-order valence-electron chi connectivity index (χ4n) is 3.39. The lowest BCUT2D eigenvalue weighted by atomic mass is 9.93. The molecule has 1 aliphatic heterocycles. The molecule has 0 radical (unpaired) electrons. The number of carbonyl (C=O) groups is 1. The molecule has 0 amide bonds. The summed E-state index contributed by atoms with van der Waals surface area (Å²) in [6.45, 7) is 3.40. The number of benzene rings is 1. The van der Waals surface area contributed by atoms with Crippen LogP contribution in [0.2, 0.25) is 0 Å². The molecule has 0 N–H and O–H groups in total. The third kappa shape index (κ3) is 3.14. The Morgan fingerprint density at radius 1 is 1.20 bits per heavy atom. The summed E-state index contributed by atoms with van der Waals surface area (Å²) in [5.41, 5.74) is 3.64. The first-order chi connectivity index (χ1) is 12.3. The van der Waals surface area contributed by atoms with Gasteiger partial charge in [-0.1, -0.05) is 12.1 Å². The van der Waals surface area contributed by atoms with E-state index in [9.17, 15) is 4.79 Å². The van der Waals surface area contributed by atoms with Gasteiger partial charge < -0.3 is 14.4 Å². The minimum atomic E-state index is -0.385. The lowest BCUT2D eigenvalue weighted by Gasteiger charge is -2.29. The van der Waals surface area contributed by atoms with E-state index in [-0.39, 0.29) is 5.97 Å². The monoisotopic (exact) mass is 341 g/mol. The van der Waals surface area contributed by atoms with Gasteiger partial charge in [0, 0.05) is 18.8 Å². The smallest absolute Gasteiger partial charge is 0.358 e. The first kappa shape index (κ1) is 16.1. The highest BCUT2D eigenvalue weighted by atomic mass is 16.5. The van der Waals surface area contributed by atoms with Crippen molar-refractivity contribution in [2.45, 2.75) is 25.3 Å². The fraction of sp³-hybridized carbons (Fsp3) is 0.474. The van der Waals surface area contributed by atoms with Crippen LogP contribution in [0.3, 0.4) is 0 Å². The van der Waals surface area contributed by atoms with E-state index in [2.05, 4.69) is 34.3 Å². The number of anilines is 1. The molecule has 1 aromatic heterocycles. The van der Waals surface area contributed by atoms with Crippen molar-refractivity contribution in [3.05, 3.63) is 36.0 Å². The van der Waals surface area contributed by atoms with E-state index in [1.165, 1.54) is 19.2 Å². The van der Waals surface area contributed by atoms with Gasteiger partial charge in [-0.25, -0.2) is 4.79 Å². The second-order valence-corrected chi connectivity index (χ2v) is 6.58. The van der Waals surface area contributed by atoms with Crippen LogP contribution in [0.15, 0.2) is 30.3 Å². The molecule has 0 atom stereocenters. The second-order valence-electron chi connectivity index (χ2n) is 6.58. The Morgan fingerprint density at radius 2 is 1.92 bits per heavy atom. The van der Waals surface area contributed by atoms with Crippen molar-refractivity contribution in [2.24, 2.45) is 0 Å². The molecule has 2 heterocycles. The van der Waals surface area contributed by atoms with Crippen molar-refractivity contribution in [1.82, 2.24) is 9.78 Å². The molecule has 0 bridgehead atoms. The summed E-state index contributed by atoms with van der Waals surface area (Å²) < 4.78 is 12.3. The summed E-state index contributed by atoms with van der Waals surface area (Å²) in [7, 11) is 1.39. The minimum absolute atomic E-state index is 0.377. The number of hydrogen-bond donors (Lipinski definition) is 0. The van der Waals surface area contributed by atoms with Gasteiger partial charge in [-0.3, -0.25) is 4.68 Å². The maximum Gasteiger partial charge on any atom is 0.358 e. The van der Waals surface area contributed by atoms with Gasteiger partial charge in [0.25, 0.3) is 0 Å². The van der Waals surface area contributed by atoms with Gasteiger partial charge in [0.05, 0.1) is 32.1 Å². The standard InChI is InChI=1S/C19H23N3O3/c1-24-19(23)17-13-18(22(20-17)16-3-2-4-16)14-5-7-15(8-6-14)21-9-11-25-12-10-21/h5-8,13,16H,2-4,9-12H2,1H3. The van der Waals surface area contributed by atoms with Gasteiger partial charge in [0.15, 0.2) is 5.69 Å². The van der Waals surface area contributed by atoms with Crippen LogP contribution in [0.4, 0.5) is 5.69 Å². The van der Waals surface area contributed by atoms with Crippen molar-refractivity contribution >= 4 is 11.7 Å². The molecule has 1 aliphatic carbocycles. The number of hydrogen-bond acceptors (Lipinski definition) is 5. The minimum Gasteiger partial charge on any atom is -0.464 e. The number of carbonyl (C=O) groups excluding carboxylic acids is 1. The largest absolute Gasteiger partial charge is 0.464 e. The average Bonchev–Trinajstić information content (AvgIpc) is 3.05. The summed E-state index contributed by atoms with van der Waals surface area (Å²) in [6.07, 6.45) is 3.44. The molecule has 6 heteroatoms. The molecular formula is C19H23N3O3. The Balaban J connectivity index is 1.63. The first-order valence-corrected chi connectivity index (χ1v) is 8.87. The zero-order valence-electron chi connectivity index (χ0n) is 14.5. The maximum absolute atomic E-state index is 11.9. The molecule has 6 nitrogen and oxygen atoms in total. The molecule has 1 saturated carbocycles. The van der Waals surface area contributed by atoms with Crippen molar-refractivity contribution in [2.75, 3.05) is 38.3 Å². The van der Waals surface area contributed by atoms with Crippen LogP contribution in [0.5, 0.6) is 0 Å². The van der Waals surface area contributed by atoms with Crippen LogP contribution in [-0.2, 0) is 9.47 Å². The summed E-state index contributed by atoms with van der Waals surface area (Å²) in [6, 6.07) is 10.7. The second kappa shape index (κ2) is 6.88. The van der Waals surface area contributed by atoms with Crippen LogP contribution in [0, 0.1) is 0 Å². The van der Waals surface area contributed by atoms with Gasteiger partial charge in [-0.2, -0.15) is 5.10 Å². The lowest BCUT2D eigenvalue weighted by Crippen LogP contribution is -2.36. The number of methoxy groups -OCH3 is 1. The van der Waals surface area contributed by atoms with Crippen molar-refractivity contribution < 1.29 is 14.3 Å². The quantitative estimate of drug-likeness (QED) is 0.801. The van der Waals surface area contributed by atoms with E-state index < -0.39 is 0 Å². The Bertz CT molecular complexity index is 744. The molecule has 25 heavy (non-hydrogen) atoms. The predicted octanol–water partition coefficient (Wildman–Crippen LogP) is 2.90. The number of rotatable bonds is 4. The predicted molar refractivity (Wildman–Crippen MR) is 94.9 cm³/mol. The molecule has 4 rings (SSSR count). The summed E-state index contributed by atoms with van der Waals surface area (Å²) in [5.74, 6) is -0.385. The van der Waals surface area contributed by atoms with Crippen LogP contribution < -0.4 is 4.90 Å². The highest BCUT2D eigenvalue weighted by molar-refractivity contribution is 5.88. The highest BCUT2D eigenvalue weighted by Crippen LogP contribution is 2.36. The first-order valence-electron chi connectivity index (χ1n) is 8.87. The van der Waals surface area contributed by atoms with Gasteiger partial charge >= 0.3 is 5.97 Å². The van der Waals surface area contributed by atoms with Crippen LogP contribution in [0.25, 0.3) is 11.3 Å². The summed E-state index contributed by atoms with van der Waals surface area (Å²) in [5, 5.41) is 4.51. The van der Waals surface area contributed by atoms with Crippen molar-refractivity contribution in [1.29, 1.82) is 0 Å². The van der Waals surface area contributed by atoms with E-state index in [1.807, 2.05) is 10.7 Å². The van der Waals surface area contributed by atoms with Gasteiger partial charge in [-0.15, -0.1) is 0 Å². The Labute approximate surface area is 147 Å². The molecule has 0 spiro atoms. The zero-order valence-corrected chi connectivity index (χ0v) is 14.5. The maximum atomic E-state index is 11.9. The topological polar surface area (TPSA) is 56.6 Å². The number of ether oxygens (including phenoxy) is 2. The van der Waals surface area contributed by atoms with Crippen molar-refractivity contribution in [3.8, 4) is 11.3 Å². The van der Waals surface area contributed by atoms with Gasteiger partial charge in [-0.05, 0) is 43.0 Å². The molecule has 132 valence electrons. The number of esters is 1. The zero-order chi connectivity index (χ0) is 17.2. The number of morpholine rings is 1. The molecule has 1 saturated heterocycles. The van der Waals surface area contributed by atoms with Gasteiger partial charge in [0.1, 0.15) is 0 Å². The van der Waals surface area contributed by atoms with Crippen LogP contribution in [-0.4, -0.2) is 49.2 Å². The molecule has 0 unspecified atom stereocenters. The molecule has 2 fully saturated rings. The third-order valence-electron chi connectivity index (χ3n) is 5.09. The van der Waals surface area contributed by atoms with E-state index in [1.54, 1.807) is 0 Å². The lowest BCUT2D eigenvalue weighted by molar-refractivity contribution is 0.0592. The van der Waals surface area contributed by atoms with E-state index >= 15 is 0 Å². The highest BCUT2D eigenvalue weighted by Gasteiger charge is 2.26. The van der Waals surface area contributed by atoms with Crippen LogP contribution >= 0.6 is 0 Å². The third-order valence-corrected chi connectivity index (χ3v) is 5.09. The number of aromatic nitrogens is 2. The summed E-state index contributed by atoms with van der Waals surface area (Å²) >= 11 is 0.